The molecular formula is C30H33N3O3. The van der Waals surface area contributed by atoms with E-state index in [1.807, 2.05) is 78.0 Å². The van der Waals surface area contributed by atoms with Crippen LogP contribution in [0.15, 0.2) is 79.1 Å². The summed E-state index contributed by atoms with van der Waals surface area (Å²) in [6, 6.07) is 22.0. The summed E-state index contributed by atoms with van der Waals surface area (Å²) in [5.41, 5.74) is 3.84. The molecular weight excluding hydrogens is 450 g/mol. The van der Waals surface area contributed by atoms with Gasteiger partial charge in [-0.2, -0.15) is 0 Å². The molecule has 2 aromatic heterocycles. The first-order chi connectivity index (χ1) is 17.6. The highest BCUT2D eigenvalue weighted by atomic mass is 16.5. The molecule has 1 amide bonds. The van der Waals surface area contributed by atoms with Crippen LogP contribution in [0.1, 0.15) is 48.9 Å². The van der Waals surface area contributed by atoms with E-state index in [9.17, 15) is 4.79 Å². The maximum absolute atomic E-state index is 13.4. The number of benzene rings is 2. The predicted molar refractivity (Wildman–Crippen MR) is 140 cm³/mol. The van der Waals surface area contributed by atoms with Gasteiger partial charge in [0.1, 0.15) is 12.4 Å². The Kier molecular flexibility index (Phi) is 7.21. The number of carbonyl (C=O) groups is 1. The Morgan fingerprint density at radius 3 is 2.64 bits per heavy atom. The Morgan fingerprint density at radius 1 is 1.06 bits per heavy atom. The molecule has 0 bridgehead atoms. The van der Waals surface area contributed by atoms with E-state index >= 15 is 0 Å². The molecule has 3 heterocycles. The number of pyridine rings is 1. The zero-order valence-corrected chi connectivity index (χ0v) is 21.0. The highest BCUT2D eigenvalue weighted by Crippen LogP contribution is 2.33. The number of methoxy groups -OCH3 is 1. The molecule has 186 valence electrons. The number of fused-ring (bicyclic) bond motifs is 1. The van der Waals surface area contributed by atoms with E-state index in [-0.39, 0.29) is 11.8 Å². The smallest absolute Gasteiger partial charge is 0.223 e. The van der Waals surface area contributed by atoms with E-state index in [1.54, 1.807) is 7.11 Å². The van der Waals surface area contributed by atoms with Crippen LogP contribution < -0.4 is 9.47 Å². The topological polar surface area (TPSA) is 56.1 Å². The van der Waals surface area contributed by atoms with Gasteiger partial charge in [0.05, 0.1) is 12.8 Å². The highest BCUT2D eigenvalue weighted by Gasteiger charge is 2.27. The molecule has 2 aromatic carbocycles. The molecule has 36 heavy (non-hydrogen) atoms. The Bertz CT molecular complexity index is 1310. The Labute approximate surface area is 212 Å². The molecule has 1 unspecified atom stereocenters. The lowest BCUT2D eigenvalue weighted by Crippen LogP contribution is -2.38. The van der Waals surface area contributed by atoms with Crippen LogP contribution in [0.25, 0.3) is 5.65 Å². The van der Waals surface area contributed by atoms with Gasteiger partial charge < -0.3 is 18.8 Å². The minimum Gasteiger partial charge on any atom is -0.497 e. The van der Waals surface area contributed by atoms with Crippen molar-refractivity contribution in [1.82, 2.24) is 14.3 Å². The number of rotatable bonds is 8. The number of hydrogen-bond donors (Lipinski definition) is 0. The van der Waals surface area contributed by atoms with Crippen molar-refractivity contribution in [3.05, 3.63) is 95.9 Å². The molecule has 0 radical (unpaired) electrons. The number of nitrogens with zero attached hydrogens (tertiary/aromatic N) is 3. The fourth-order valence-electron chi connectivity index (χ4n) is 4.92. The van der Waals surface area contributed by atoms with Crippen LogP contribution in [-0.4, -0.2) is 40.4 Å². The van der Waals surface area contributed by atoms with Gasteiger partial charge in [-0.25, -0.2) is 4.98 Å². The van der Waals surface area contributed by atoms with Crippen molar-refractivity contribution in [3.63, 3.8) is 0 Å². The fourth-order valence-corrected chi connectivity index (χ4v) is 4.92. The molecule has 0 spiro atoms. The monoisotopic (exact) mass is 483 g/mol. The van der Waals surface area contributed by atoms with Crippen LogP contribution in [0.2, 0.25) is 0 Å². The van der Waals surface area contributed by atoms with Crippen molar-refractivity contribution in [3.8, 4) is 11.5 Å². The largest absolute Gasteiger partial charge is 0.497 e. The summed E-state index contributed by atoms with van der Waals surface area (Å²) in [4.78, 5) is 20.2. The summed E-state index contributed by atoms with van der Waals surface area (Å²) < 4.78 is 13.7. The molecule has 1 aliphatic heterocycles. The summed E-state index contributed by atoms with van der Waals surface area (Å²) in [7, 11) is 1.67. The maximum Gasteiger partial charge on any atom is 0.223 e. The molecule has 6 nitrogen and oxygen atoms in total. The van der Waals surface area contributed by atoms with Gasteiger partial charge in [-0.15, -0.1) is 0 Å². The highest BCUT2D eigenvalue weighted by molar-refractivity contribution is 5.78. The summed E-state index contributed by atoms with van der Waals surface area (Å²) in [5.74, 6) is 2.19. The normalized spacial score (nSPS) is 15.1. The third-order valence-electron chi connectivity index (χ3n) is 7.13. The lowest BCUT2D eigenvalue weighted by molar-refractivity contribution is -0.132. The average Bonchev–Trinajstić information content (AvgIpc) is 3.36. The first-order valence-corrected chi connectivity index (χ1v) is 12.7. The van der Waals surface area contributed by atoms with Gasteiger partial charge in [0.2, 0.25) is 5.91 Å². The fraction of sp³-hybridized carbons (Fsp3) is 0.333. The summed E-state index contributed by atoms with van der Waals surface area (Å²) >= 11 is 0. The Morgan fingerprint density at radius 2 is 1.86 bits per heavy atom. The number of ether oxygens (including phenoxy) is 2. The zero-order valence-electron chi connectivity index (χ0n) is 21.0. The first kappa shape index (κ1) is 23.9. The first-order valence-electron chi connectivity index (χ1n) is 12.7. The van der Waals surface area contributed by atoms with Crippen molar-refractivity contribution < 1.29 is 14.3 Å². The molecule has 0 saturated carbocycles. The van der Waals surface area contributed by atoms with Gasteiger partial charge in [-0.1, -0.05) is 49.4 Å². The molecule has 0 aliphatic carbocycles. The van der Waals surface area contributed by atoms with Gasteiger partial charge >= 0.3 is 0 Å². The van der Waals surface area contributed by atoms with Crippen LogP contribution in [0.4, 0.5) is 0 Å². The van der Waals surface area contributed by atoms with Crippen LogP contribution >= 0.6 is 0 Å². The SMILES string of the molecule is COc1cccc(C(CC(=O)N2CCC(C)CC2)c2cnc3c(OCc4ccccc4)cccn23)c1. The summed E-state index contributed by atoms with van der Waals surface area (Å²) in [6.45, 7) is 4.38. The van der Waals surface area contributed by atoms with E-state index in [1.165, 1.54) is 0 Å². The number of amides is 1. The van der Waals surface area contributed by atoms with E-state index < -0.39 is 0 Å². The molecule has 4 aromatic rings. The summed E-state index contributed by atoms with van der Waals surface area (Å²) in [5, 5.41) is 0. The van der Waals surface area contributed by atoms with Gasteiger partial charge in [0, 0.05) is 37.8 Å². The second kappa shape index (κ2) is 10.9. The zero-order chi connectivity index (χ0) is 24.9. The number of piperidine rings is 1. The van der Waals surface area contributed by atoms with Crippen molar-refractivity contribution in [2.45, 2.75) is 38.7 Å². The van der Waals surface area contributed by atoms with Gasteiger partial charge in [-0.3, -0.25) is 4.79 Å². The lowest BCUT2D eigenvalue weighted by Gasteiger charge is -2.31. The number of carbonyl (C=O) groups excluding carboxylic acids is 1. The van der Waals surface area contributed by atoms with Crippen molar-refractivity contribution in [2.75, 3.05) is 20.2 Å². The minimum atomic E-state index is -0.161. The Balaban J connectivity index is 1.46. The number of aromatic nitrogens is 2. The second-order valence-corrected chi connectivity index (χ2v) is 9.62. The molecule has 0 N–H and O–H groups in total. The third-order valence-corrected chi connectivity index (χ3v) is 7.13. The average molecular weight is 484 g/mol. The molecule has 1 saturated heterocycles. The van der Waals surface area contributed by atoms with Crippen molar-refractivity contribution in [1.29, 1.82) is 0 Å². The van der Waals surface area contributed by atoms with Crippen LogP contribution in [0.3, 0.4) is 0 Å². The predicted octanol–water partition coefficient (Wildman–Crippen LogP) is 5.70. The number of hydrogen-bond acceptors (Lipinski definition) is 4. The molecule has 6 heteroatoms. The van der Waals surface area contributed by atoms with E-state index in [2.05, 4.69) is 17.4 Å². The van der Waals surface area contributed by atoms with Crippen LogP contribution in [-0.2, 0) is 11.4 Å². The van der Waals surface area contributed by atoms with Gasteiger partial charge in [0.15, 0.2) is 11.4 Å². The molecule has 1 fully saturated rings. The standard InChI is InChI=1S/C30H33N3O3/c1-22-13-16-32(17-14-22)29(34)19-26(24-10-6-11-25(18-24)35-2)27-20-31-30-28(12-7-15-33(27)30)36-21-23-8-4-3-5-9-23/h3-12,15,18,20,22,26H,13-14,16-17,19,21H2,1-2H3. The van der Waals surface area contributed by atoms with E-state index in [0.29, 0.717) is 24.7 Å². The van der Waals surface area contributed by atoms with Gasteiger partial charge in [0.25, 0.3) is 0 Å². The molecule has 5 rings (SSSR count). The quantitative estimate of drug-likeness (QED) is 0.322. The van der Waals surface area contributed by atoms with Crippen LogP contribution in [0, 0.1) is 5.92 Å². The minimum absolute atomic E-state index is 0.161. The lowest BCUT2D eigenvalue weighted by atomic mass is 9.91. The Hall–Kier alpha value is -3.80. The van der Waals surface area contributed by atoms with E-state index in [4.69, 9.17) is 14.5 Å². The third kappa shape index (κ3) is 5.23. The van der Waals surface area contributed by atoms with E-state index in [0.717, 1.165) is 54.1 Å². The van der Waals surface area contributed by atoms with Gasteiger partial charge in [-0.05, 0) is 54.2 Å². The summed E-state index contributed by atoms with van der Waals surface area (Å²) in [6.07, 6.45) is 6.37. The molecule has 1 atom stereocenters. The number of likely N-dealkylation sites (tertiary alicyclic amines) is 1. The number of imidazole rings is 1. The van der Waals surface area contributed by atoms with Crippen LogP contribution in [0.5, 0.6) is 11.5 Å². The second-order valence-electron chi connectivity index (χ2n) is 9.62. The van der Waals surface area contributed by atoms with Crippen molar-refractivity contribution >= 4 is 11.6 Å². The van der Waals surface area contributed by atoms with Crippen molar-refractivity contribution in [2.24, 2.45) is 5.92 Å². The molecule has 1 aliphatic rings. The maximum atomic E-state index is 13.4.